The molecule has 0 radical (unpaired) electrons. The molecule has 0 bridgehead atoms. The molecule has 1 heterocycles. The Hall–Kier alpha value is -1.61. The SMILES string of the molecule is CCOC(=O)Cc1csc(SCC(=O)NC(=O)NC(C)C)n1. The topological polar surface area (TPSA) is 97.4 Å². The number of rotatable bonds is 7. The van der Waals surface area contributed by atoms with E-state index >= 15 is 0 Å². The number of esters is 1. The van der Waals surface area contributed by atoms with Crippen molar-refractivity contribution in [3.05, 3.63) is 11.1 Å². The van der Waals surface area contributed by atoms with Gasteiger partial charge >= 0.3 is 12.0 Å². The van der Waals surface area contributed by atoms with E-state index in [0.717, 1.165) is 0 Å². The fraction of sp³-hybridized carbons (Fsp3) is 0.538. The van der Waals surface area contributed by atoms with Crippen LogP contribution in [0.1, 0.15) is 26.5 Å². The molecule has 7 nitrogen and oxygen atoms in total. The predicted molar refractivity (Wildman–Crippen MR) is 85.0 cm³/mol. The van der Waals surface area contributed by atoms with Gasteiger partial charge < -0.3 is 10.1 Å². The van der Waals surface area contributed by atoms with Crippen LogP contribution in [-0.4, -0.2) is 41.3 Å². The summed E-state index contributed by atoms with van der Waals surface area (Å²) in [6, 6.07) is -0.549. The van der Waals surface area contributed by atoms with Crippen molar-refractivity contribution in [2.45, 2.75) is 37.6 Å². The van der Waals surface area contributed by atoms with E-state index in [9.17, 15) is 14.4 Å². The first-order valence-corrected chi connectivity index (χ1v) is 8.60. The summed E-state index contributed by atoms with van der Waals surface area (Å²) in [7, 11) is 0. The lowest BCUT2D eigenvalue weighted by Crippen LogP contribution is -2.43. The van der Waals surface area contributed by atoms with Gasteiger partial charge in [0.15, 0.2) is 4.34 Å². The van der Waals surface area contributed by atoms with Crippen molar-refractivity contribution in [1.29, 1.82) is 0 Å². The van der Waals surface area contributed by atoms with Crippen LogP contribution in [0.4, 0.5) is 4.79 Å². The summed E-state index contributed by atoms with van der Waals surface area (Å²) in [5, 5.41) is 6.55. The molecule has 0 fully saturated rings. The van der Waals surface area contributed by atoms with E-state index in [0.29, 0.717) is 16.6 Å². The van der Waals surface area contributed by atoms with E-state index in [2.05, 4.69) is 15.6 Å². The average molecular weight is 345 g/mol. The van der Waals surface area contributed by atoms with Crippen molar-refractivity contribution in [1.82, 2.24) is 15.6 Å². The third-order valence-electron chi connectivity index (χ3n) is 2.16. The standard InChI is InChI=1S/C13H19N3O4S2/c1-4-20-11(18)5-9-6-21-13(15-9)22-7-10(17)16-12(19)14-8(2)3/h6,8H,4-5,7H2,1-3H3,(H2,14,16,17,19). The second-order valence-electron chi connectivity index (χ2n) is 4.55. The van der Waals surface area contributed by atoms with E-state index in [1.807, 2.05) is 0 Å². The number of thioether (sulfide) groups is 1. The number of nitrogens with one attached hydrogen (secondary N) is 2. The Morgan fingerprint density at radius 2 is 2.14 bits per heavy atom. The number of carbonyl (C=O) groups excluding carboxylic acids is 3. The van der Waals surface area contributed by atoms with Gasteiger partial charge in [-0.3, -0.25) is 14.9 Å². The first-order chi connectivity index (χ1) is 10.4. The fourth-order valence-corrected chi connectivity index (χ4v) is 3.03. The van der Waals surface area contributed by atoms with Crippen LogP contribution in [-0.2, 0) is 20.7 Å². The Balaban J connectivity index is 2.36. The molecule has 0 aliphatic carbocycles. The number of urea groups is 1. The van der Waals surface area contributed by atoms with E-state index in [4.69, 9.17) is 4.74 Å². The smallest absolute Gasteiger partial charge is 0.321 e. The number of imide groups is 1. The second-order valence-corrected chi connectivity index (χ2v) is 6.63. The Kier molecular flexibility index (Phi) is 7.89. The van der Waals surface area contributed by atoms with Crippen molar-refractivity contribution >= 4 is 41.0 Å². The number of amides is 3. The molecule has 2 N–H and O–H groups in total. The van der Waals surface area contributed by atoms with Crippen molar-refractivity contribution in [3.63, 3.8) is 0 Å². The maximum Gasteiger partial charge on any atom is 0.321 e. The number of hydrogen-bond donors (Lipinski definition) is 2. The zero-order chi connectivity index (χ0) is 16.5. The van der Waals surface area contributed by atoms with Crippen molar-refractivity contribution < 1.29 is 19.1 Å². The molecule has 0 unspecified atom stereocenters. The molecular weight excluding hydrogens is 326 g/mol. The molecule has 0 saturated heterocycles. The van der Waals surface area contributed by atoms with Crippen LogP contribution < -0.4 is 10.6 Å². The molecule has 0 aliphatic heterocycles. The first kappa shape index (κ1) is 18.4. The van der Waals surface area contributed by atoms with Gasteiger partial charge in [-0.2, -0.15) is 0 Å². The lowest BCUT2D eigenvalue weighted by Gasteiger charge is -2.08. The first-order valence-electron chi connectivity index (χ1n) is 6.73. The summed E-state index contributed by atoms with van der Waals surface area (Å²) in [6.07, 6.45) is 0.119. The van der Waals surface area contributed by atoms with Gasteiger partial charge in [-0.15, -0.1) is 11.3 Å². The Labute approximate surface area is 137 Å². The molecule has 22 heavy (non-hydrogen) atoms. The molecule has 3 amide bonds. The minimum Gasteiger partial charge on any atom is -0.466 e. The molecule has 0 aromatic carbocycles. The third-order valence-corrected chi connectivity index (χ3v) is 4.23. The van der Waals surface area contributed by atoms with Gasteiger partial charge in [0, 0.05) is 11.4 Å². The van der Waals surface area contributed by atoms with Crippen LogP contribution in [0.5, 0.6) is 0 Å². The van der Waals surface area contributed by atoms with E-state index in [-0.39, 0.29) is 24.2 Å². The molecule has 1 aromatic heterocycles. The van der Waals surface area contributed by atoms with Crippen LogP contribution in [0.2, 0.25) is 0 Å². The molecule has 0 aliphatic rings. The molecule has 122 valence electrons. The Morgan fingerprint density at radius 3 is 2.77 bits per heavy atom. The van der Waals surface area contributed by atoms with E-state index in [1.54, 1.807) is 26.2 Å². The van der Waals surface area contributed by atoms with Gasteiger partial charge in [0.05, 0.1) is 24.5 Å². The fourth-order valence-electron chi connectivity index (χ4n) is 1.38. The zero-order valence-corrected chi connectivity index (χ0v) is 14.3. The van der Waals surface area contributed by atoms with Gasteiger partial charge in [0.25, 0.3) is 0 Å². The minimum atomic E-state index is -0.511. The second kappa shape index (κ2) is 9.42. The molecule has 1 aromatic rings. The quantitative estimate of drug-likeness (QED) is 0.575. The van der Waals surface area contributed by atoms with Gasteiger partial charge in [-0.1, -0.05) is 11.8 Å². The highest BCUT2D eigenvalue weighted by atomic mass is 32.2. The van der Waals surface area contributed by atoms with Crippen molar-refractivity contribution in [3.8, 4) is 0 Å². The number of ether oxygens (including phenoxy) is 1. The molecule has 0 atom stereocenters. The summed E-state index contributed by atoms with van der Waals surface area (Å²) >= 11 is 2.56. The number of aromatic nitrogens is 1. The van der Waals surface area contributed by atoms with Crippen LogP contribution >= 0.6 is 23.1 Å². The lowest BCUT2D eigenvalue weighted by atomic mass is 10.3. The minimum absolute atomic E-state index is 0.0372. The van der Waals surface area contributed by atoms with Crippen LogP contribution in [0.15, 0.2) is 9.72 Å². The highest BCUT2D eigenvalue weighted by molar-refractivity contribution is 8.01. The Bertz CT molecular complexity index is 531. The molecule has 1 rings (SSSR count). The van der Waals surface area contributed by atoms with E-state index in [1.165, 1.54) is 23.1 Å². The molecule has 0 saturated carbocycles. The maximum atomic E-state index is 11.6. The van der Waals surface area contributed by atoms with Crippen LogP contribution in [0.3, 0.4) is 0 Å². The third kappa shape index (κ3) is 7.41. The lowest BCUT2D eigenvalue weighted by molar-refractivity contribution is -0.142. The molecular formula is C13H19N3O4S2. The van der Waals surface area contributed by atoms with Gasteiger partial charge in [-0.05, 0) is 20.8 Å². The zero-order valence-electron chi connectivity index (χ0n) is 12.7. The summed E-state index contributed by atoms with van der Waals surface area (Å²) in [4.78, 5) is 38.5. The highest BCUT2D eigenvalue weighted by Crippen LogP contribution is 2.22. The van der Waals surface area contributed by atoms with E-state index < -0.39 is 11.9 Å². The number of thiazole rings is 1. The number of carbonyl (C=O) groups is 3. The number of hydrogen-bond acceptors (Lipinski definition) is 7. The largest absolute Gasteiger partial charge is 0.466 e. The van der Waals surface area contributed by atoms with Crippen molar-refractivity contribution in [2.75, 3.05) is 12.4 Å². The van der Waals surface area contributed by atoms with Gasteiger partial charge in [-0.25, -0.2) is 9.78 Å². The molecule has 9 heteroatoms. The normalized spacial score (nSPS) is 10.4. The summed E-state index contributed by atoms with van der Waals surface area (Å²) < 4.78 is 5.50. The predicted octanol–water partition coefficient (Wildman–Crippen LogP) is 1.57. The molecule has 0 spiro atoms. The summed E-state index contributed by atoms with van der Waals surface area (Å²) in [5.74, 6) is -0.643. The van der Waals surface area contributed by atoms with Crippen molar-refractivity contribution in [2.24, 2.45) is 0 Å². The van der Waals surface area contributed by atoms with Crippen LogP contribution in [0, 0.1) is 0 Å². The monoisotopic (exact) mass is 345 g/mol. The summed E-state index contributed by atoms with van der Waals surface area (Å²) in [5.41, 5.74) is 0.615. The highest BCUT2D eigenvalue weighted by Gasteiger charge is 2.12. The van der Waals surface area contributed by atoms with Crippen LogP contribution in [0.25, 0.3) is 0 Å². The average Bonchev–Trinajstić information content (AvgIpc) is 2.83. The Morgan fingerprint density at radius 1 is 1.41 bits per heavy atom. The van der Waals surface area contributed by atoms with Gasteiger partial charge in [0.1, 0.15) is 0 Å². The maximum absolute atomic E-state index is 11.6. The van der Waals surface area contributed by atoms with Gasteiger partial charge in [0.2, 0.25) is 5.91 Å². The number of nitrogens with zero attached hydrogens (tertiary/aromatic N) is 1. The summed E-state index contributed by atoms with van der Waals surface area (Å²) in [6.45, 7) is 5.69.